The molecule has 2 bridgehead atoms. The predicted octanol–water partition coefficient (Wildman–Crippen LogP) is 3.76. The van der Waals surface area contributed by atoms with Crippen LogP contribution in [0.3, 0.4) is 0 Å². The SMILES string of the molecule is C=C1C[C@@]23CC[C@H]4C(CCC[C@@]4(C)C(=O)O)[C@@H]2CC[C@]1(O)C3. The second-order valence-electron chi connectivity index (χ2n) is 8.92. The predicted molar refractivity (Wildman–Crippen MR) is 84.3 cm³/mol. The summed E-state index contributed by atoms with van der Waals surface area (Å²) in [5.74, 6) is 0.875. The van der Waals surface area contributed by atoms with E-state index in [2.05, 4.69) is 6.58 Å². The Bertz CT molecular complexity index is 541. The summed E-state index contributed by atoms with van der Waals surface area (Å²) in [6.07, 6.45) is 8.93. The average molecular weight is 304 g/mol. The Morgan fingerprint density at radius 1 is 1.18 bits per heavy atom. The molecule has 22 heavy (non-hydrogen) atoms. The number of aliphatic carboxylic acids is 1. The molecule has 0 aliphatic heterocycles. The first-order chi connectivity index (χ1) is 10.3. The molecular formula is C19H28O3. The minimum atomic E-state index is -0.617. The number of rotatable bonds is 1. The van der Waals surface area contributed by atoms with Crippen LogP contribution >= 0.6 is 0 Å². The highest BCUT2D eigenvalue weighted by atomic mass is 16.4. The van der Waals surface area contributed by atoms with Gasteiger partial charge in [-0.1, -0.05) is 13.0 Å². The van der Waals surface area contributed by atoms with Gasteiger partial charge in [-0.2, -0.15) is 0 Å². The molecule has 4 fully saturated rings. The van der Waals surface area contributed by atoms with Gasteiger partial charge in [0.15, 0.2) is 0 Å². The van der Waals surface area contributed by atoms with Crippen LogP contribution in [0.4, 0.5) is 0 Å². The van der Waals surface area contributed by atoms with E-state index in [-0.39, 0.29) is 5.41 Å². The van der Waals surface area contributed by atoms with Crippen molar-refractivity contribution in [3.8, 4) is 0 Å². The van der Waals surface area contributed by atoms with Crippen LogP contribution in [-0.2, 0) is 4.79 Å². The minimum Gasteiger partial charge on any atom is -0.481 e. The smallest absolute Gasteiger partial charge is 0.309 e. The van der Waals surface area contributed by atoms with Gasteiger partial charge < -0.3 is 10.2 Å². The number of hydrogen-bond acceptors (Lipinski definition) is 2. The van der Waals surface area contributed by atoms with E-state index < -0.39 is 17.0 Å². The summed E-state index contributed by atoms with van der Waals surface area (Å²) in [7, 11) is 0. The van der Waals surface area contributed by atoms with Gasteiger partial charge in [-0.15, -0.1) is 0 Å². The fraction of sp³-hybridized carbons (Fsp3) is 0.842. The molecule has 0 saturated heterocycles. The summed E-state index contributed by atoms with van der Waals surface area (Å²) < 4.78 is 0. The van der Waals surface area contributed by atoms with Crippen molar-refractivity contribution in [3.63, 3.8) is 0 Å². The molecule has 2 N–H and O–H groups in total. The van der Waals surface area contributed by atoms with E-state index in [1.54, 1.807) is 0 Å². The first-order valence-electron chi connectivity index (χ1n) is 8.95. The van der Waals surface area contributed by atoms with E-state index in [9.17, 15) is 15.0 Å². The largest absolute Gasteiger partial charge is 0.481 e. The Hall–Kier alpha value is -0.830. The summed E-state index contributed by atoms with van der Waals surface area (Å²) >= 11 is 0. The maximum atomic E-state index is 11.9. The van der Waals surface area contributed by atoms with Gasteiger partial charge in [0.25, 0.3) is 0 Å². The van der Waals surface area contributed by atoms with Crippen LogP contribution in [-0.4, -0.2) is 21.8 Å². The fourth-order valence-corrected chi connectivity index (χ4v) is 6.90. The highest BCUT2D eigenvalue weighted by molar-refractivity contribution is 5.74. The Morgan fingerprint density at radius 3 is 2.64 bits per heavy atom. The van der Waals surface area contributed by atoms with Crippen molar-refractivity contribution in [2.24, 2.45) is 28.6 Å². The molecule has 0 aromatic carbocycles. The highest BCUT2D eigenvalue weighted by Crippen LogP contribution is 2.68. The Balaban J connectivity index is 1.69. The molecule has 4 rings (SSSR count). The molecule has 6 atom stereocenters. The second-order valence-corrected chi connectivity index (χ2v) is 8.92. The van der Waals surface area contributed by atoms with Crippen molar-refractivity contribution in [3.05, 3.63) is 12.2 Å². The van der Waals surface area contributed by atoms with E-state index in [4.69, 9.17) is 0 Å². The minimum absolute atomic E-state index is 0.224. The molecule has 4 aliphatic rings. The van der Waals surface area contributed by atoms with Crippen LogP contribution in [0.5, 0.6) is 0 Å². The standard InChI is InChI=1S/C19H28O3/c1-12-10-18-8-5-14-13(4-3-7-17(14,2)16(20)21)15(18)6-9-19(12,22)11-18/h13-15,22H,1,3-11H2,2H3,(H,20,21)/t13?,14-,15-,17+,18+,19-/m0/s1. The maximum absolute atomic E-state index is 11.9. The van der Waals surface area contributed by atoms with E-state index >= 15 is 0 Å². The van der Waals surface area contributed by atoms with E-state index in [1.807, 2.05) is 6.92 Å². The number of carboxylic acids is 1. The van der Waals surface area contributed by atoms with Crippen molar-refractivity contribution >= 4 is 5.97 Å². The fourth-order valence-electron chi connectivity index (χ4n) is 6.90. The molecule has 0 amide bonds. The van der Waals surface area contributed by atoms with Crippen LogP contribution in [0.1, 0.15) is 64.7 Å². The molecule has 1 unspecified atom stereocenters. The zero-order valence-electron chi connectivity index (χ0n) is 13.6. The summed E-state index contributed by atoms with van der Waals surface area (Å²) in [5.41, 5.74) is 0.120. The lowest BCUT2D eigenvalue weighted by atomic mass is 9.47. The number of carbonyl (C=O) groups is 1. The highest BCUT2D eigenvalue weighted by Gasteiger charge is 2.63. The summed E-state index contributed by atoms with van der Waals surface area (Å²) in [4.78, 5) is 11.9. The van der Waals surface area contributed by atoms with Crippen molar-refractivity contribution in [1.29, 1.82) is 0 Å². The van der Waals surface area contributed by atoms with Gasteiger partial charge in [-0.05, 0) is 87.0 Å². The third-order valence-corrected chi connectivity index (χ3v) is 8.05. The lowest BCUT2D eigenvalue weighted by Gasteiger charge is -2.58. The Kier molecular flexibility index (Phi) is 2.93. The van der Waals surface area contributed by atoms with E-state index in [0.717, 1.165) is 56.9 Å². The van der Waals surface area contributed by atoms with Gasteiger partial charge in [0.1, 0.15) is 0 Å². The van der Waals surface area contributed by atoms with Crippen molar-refractivity contribution in [2.45, 2.75) is 70.3 Å². The summed E-state index contributed by atoms with van der Waals surface area (Å²) in [6, 6.07) is 0. The van der Waals surface area contributed by atoms with Gasteiger partial charge in [-0.3, -0.25) is 4.79 Å². The lowest BCUT2D eigenvalue weighted by molar-refractivity contribution is -0.166. The molecule has 122 valence electrons. The van der Waals surface area contributed by atoms with Gasteiger partial charge in [0, 0.05) is 0 Å². The van der Waals surface area contributed by atoms with E-state index in [0.29, 0.717) is 17.8 Å². The summed E-state index contributed by atoms with van der Waals surface area (Å²) in [6.45, 7) is 6.15. The van der Waals surface area contributed by atoms with Crippen LogP contribution in [0, 0.1) is 28.6 Å². The molecule has 0 radical (unpaired) electrons. The molecule has 1 spiro atoms. The zero-order valence-corrected chi connectivity index (χ0v) is 13.6. The summed E-state index contributed by atoms with van der Waals surface area (Å²) in [5, 5.41) is 20.6. The second kappa shape index (κ2) is 4.37. The molecule has 3 nitrogen and oxygen atoms in total. The number of aliphatic hydroxyl groups is 1. The third kappa shape index (κ3) is 1.69. The van der Waals surface area contributed by atoms with Crippen LogP contribution in [0.15, 0.2) is 12.2 Å². The van der Waals surface area contributed by atoms with Crippen molar-refractivity contribution in [2.75, 3.05) is 0 Å². The Labute approximate surface area is 132 Å². The number of carboxylic acid groups (broad SMARTS) is 1. The van der Waals surface area contributed by atoms with Gasteiger partial charge in [0.05, 0.1) is 11.0 Å². The monoisotopic (exact) mass is 304 g/mol. The van der Waals surface area contributed by atoms with Crippen LogP contribution in [0.25, 0.3) is 0 Å². The topological polar surface area (TPSA) is 57.5 Å². The molecule has 0 heterocycles. The molecule has 3 heteroatoms. The molecule has 4 aliphatic carbocycles. The van der Waals surface area contributed by atoms with Crippen LogP contribution in [0.2, 0.25) is 0 Å². The van der Waals surface area contributed by atoms with Crippen LogP contribution < -0.4 is 0 Å². The number of fused-ring (bicyclic) bond motifs is 3. The Morgan fingerprint density at radius 2 is 1.91 bits per heavy atom. The van der Waals surface area contributed by atoms with Gasteiger partial charge in [0.2, 0.25) is 0 Å². The first kappa shape index (κ1) is 14.7. The van der Waals surface area contributed by atoms with Gasteiger partial charge >= 0.3 is 5.97 Å². The normalized spacial score (nSPS) is 53.7. The molecule has 0 aromatic heterocycles. The lowest BCUT2D eigenvalue weighted by Crippen LogP contribution is -2.53. The average Bonchev–Trinajstić information content (AvgIpc) is 2.64. The molecule has 4 saturated carbocycles. The third-order valence-electron chi connectivity index (χ3n) is 8.05. The zero-order chi connectivity index (χ0) is 15.8. The van der Waals surface area contributed by atoms with E-state index in [1.165, 1.54) is 6.42 Å². The van der Waals surface area contributed by atoms with Crippen molar-refractivity contribution in [1.82, 2.24) is 0 Å². The molecular weight excluding hydrogens is 276 g/mol. The quantitative estimate of drug-likeness (QED) is 0.725. The maximum Gasteiger partial charge on any atom is 0.309 e. The van der Waals surface area contributed by atoms with Gasteiger partial charge in [-0.25, -0.2) is 0 Å². The van der Waals surface area contributed by atoms with Crippen molar-refractivity contribution < 1.29 is 15.0 Å². The first-order valence-corrected chi connectivity index (χ1v) is 8.95. The number of hydrogen-bond donors (Lipinski definition) is 2. The molecule has 0 aromatic rings.